The van der Waals surface area contributed by atoms with Crippen molar-refractivity contribution in [2.45, 2.75) is 32.2 Å². The van der Waals surface area contributed by atoms with Crippen LogP contribution < -0.4 is 0 Å². The molecule has 1 aromatic carbocycles. The van der Waals surface area contributed by atoms with Crippen LogP contribution in [0.25, 0.3) is 10.9 Å². The number of aromatic nitrogens is 1. The highest BCUT2D eigenvalue weighted by molar-refractivity contribution is 9.10. The Bertz CT molecular complexity index is 524. The number of likely N-dealkylation sites (tertiary alicyclic amines) is 1. The van der Waals surface area contributed by atoms with Gasteiger partial charge in [-0.3, -0.25) is 4.90 Å². The average Bonchev–Trinajstić information content (AvgIpc) is 2.57. The Morgan fingerprint density at radius 2 is 1.83 bits per heavy atom. The fourth-order valence-corrected chi connectivity index (χ4v) is 3.16. The maximum Gasteiger partial charge on any atom is 0.0457 e. The number of aromatic amines is 1. The van der Waals surface area contributed by atoms with Gasteiger partial charge in [0.25, 0.3) is 0 Å². The highest BCUT2D eigenvalue weighted by Crippen LogP contribution is 2.21. The zero-order chi connectivity index (χ0) is 12.4. The van der Waals surface area contributed by atoms with E-state index in [1.807, 2.05) is 0 Å². The number of nitrogens with zero attached hydrogens (tertiary/aromatic N) is 1. The molecule has 0 bridgehead atoms. The molecule has 2 nitrogen and oxygen atoms in total. The number of H-pyrrole nitrogens is 1. The van der Waals surface area contributed by atoms with Crippen LogP contribution in [0.5, 0.6) is 0 Å². The van der Waals surface area contributed by atoms with E-state index >= 15 is 0 Å². The van der Waals surface area contributed by atoms with Gasteiger partial charge >= 0.3 is 0 Å². The Labute approximate surface area is 116 Å². The Balaban J connectivity index is 1.77. The van der Waals surface area contributed by atoms with Crippen molar-refractivity contribution in [3.8, 4) is 0 Å². The van der Waals surface area contributed by atoms with Crippen molar-refractivity contribution in [1.29, 1.82) is 0 Å². The first kappa shape index (κ1) is 12.2. The molecule has 1 aromatic heterocycles. The molecule has 3 rings (SSSR count). The van der Waals surface area contributed by atoms with Crippen molar-refractivity contribution < 1.29 is 0 Å². The molecule has 96 valence electrons. The number of hydrogen-bond donors (Lipinski definition) is 1. The second-order valence-electron chi connectivity index (χ2n) is 5.22. The largest absolute Gasteiger partial charge is 0.357 e. The highest BCUT2D eigenvalue weighted by Gasteiger charge is 2.10. The van der Waals surface area contributed by atoms with Crippen LogP contribution in [0.1, 0.15) is 31.4 Å². The van der Waals surface area contributed by atoms with Crippen molar-refractivity contribution in [2.24, 2.45) is 0 Å². The molecule has 1 aliphatic rings. The first-order valence-electron chi connectivity index (χ1n) is 6.81. The molecule has 2 heterocycles. The number of fused-ring (bicyclic) bond motifs is 1. The summed E-state index contributed by atoms with van der Waals surface area (Å²) < 4.78 is 1.15. The lowest BCUT2D eigenvalue weighted by molar-refractivity contribution is 0.274. The average molecular weight is 307 g/mol. The quantitative estimate of drug-likeness (QED) is 0.876. The summed E-state index contributed by atoms with van der Waals surface area (Å²) in [6.07, 6.45) is 5.50. The van der Waals surface area contributed by atoms with Gasteiger partial charge < -0.3 is 4.98 Å². The smallest absolute Gasteiger partial charge is 0.0457 e. The van der Waals surface area contributed by atoms with Crippen molar-refractivity contribution >= 4 is 26.8 Å². The third-order valence-corrected chi connectivity index (χ3v) is 4.22. The Morgan fingerprint density at radius 1 is 1.06 bits per heavy atom. The molecule has 18 heavy (non-hydrogen) atoms. The van der Waals surface area contributed by atoms with E-state index in [1.54, 1.807) is 0 Å². The summed E-state index contributed by atoms with van der Waals surface area (Å²) in [7, 11) is 0. The monoisotopic (exact) mass is 306 g/mol. The van der Waals surface area contributed by atoms with Crippen LogP contribution in [0.3, 0.4) is 0 Å². The van der Waals surface area contributed by atoms with Crippen LogP contribution in [0.2, 0.25) is 0 Å². The lowest BCUT2D eigenvalue weighted by Gasteiger charge is -2.18. The van der Waals surface area contributed by atoms with E-state index in [2.05, 4.69) is 50.1 Å². The molecule has 0 radical (unpaired) electrons. The van der Waals surface area contributed by atoms with Crippen LogP contribution in [0.4, 0.5) is 0 Å². The second kappa shape index (κ2) is 5.45. The zero-order valence-electron chi connectivity index (χ0n) is 10.6. The van der Waals surface area contributed by atoms with Crippen LogP contribution in [0.15, 0.2) is 28.7 Å². The number of rotatable bonds is 2. The fourth-order valence-electron chi connectivity index (χ4n) is 2.78. The maximum atomic E-state index is 3.53. The van der Waals surface area contributed by atoms with Gasteiger partial charge in [-0.2, -0.15) is 0 Å². The van der Waals surface area contributed by atoms with E-state index in [0.717, 1.165) is 11.0 Å². The minimum Gasteiger partial charge on any atom is -0.357 e. The van der Waals surface area contributed by atoms with Crippen molar-refractivity contribution in [3.05, 3.63) is 34.4 Å². The van der Waals surface area contributed by atoms with Gasteiger partial charge in [0, 0.05) is 27.6 Å². The van der Waals surface area contributed by atoms with Gasteiger partial charge in [0.05, 0.1) is 0 Å². The minimum atomic E-state index is 1.06. The third kappa shape index (κ3) is 2.78. The zero-order valence-corrected chi connectivity index (χ0v) is 12.2. The molecular formula is C15H19BrN2. The van der Waals surface area contributed by atoms with E-state index in [-0.39, 0.29) is 0 Å². The Morgan fingerprint density at radius 3 is 2.61 bits per heavy atom. The van der Waals surface area contributed by atoms with Crippen LogP contribution >= 0.6 is 15.9 Å². The highest BCUT2D eigenvalue weighted by atomic mass is 79.9. The number of hydrogen-bond acceptors (Lipinski definition) is 1. The lowest BCUT2D eigenvalue weighted by atomic mass is 10.2. The van der Waals surface area contributed by atoms with Gasteiger partial charge in [-0.15, -0.1) is 0 Å². The number of nitrogens with one attached hydrogen (secondary N) is 1. The summed E-state index contributed by atoms with van der Waals surface area (Å²) in [6.45, 7) is 3.56. The molecular weight excluding hydrogens is 288 g/mol. The van der Waals surface area contributed by atoms with Crippen molar-refractivity contribution in [2.75, 3.05) is 13.1 Å². The van der Waals surface area contributed by atoms with Crippen LogP contribution in [-0.4, -0.2) is 23.0 Å². The van der Waals surface area contributed by atoms with E-state index in [1.165, 1.54) is 55.4 Å². The fraction of sp³-hybridized carbons (Fsp3) is 0.467. The summed E-state index contributed by atoms with van der Waals surface area (Å²) in [5, 5.41) is 1.30. The van der Waals surface area contributed by atoms with Gasteiger partial charge in [0.15, 0.2) is 0 Å². The normalized spacial score (nSPS) is 18.1. The molecule has 1 fully saturated rings. The lowest BCUT2D eigenvalue weighted by Crippen LogP contribution is -2.24. The molecule has 0 spiro atoms. The van der Waals surface area contributed by atoms with Gasteiger partial charge in [0.2, 0.25) is 0 Å². The van der Waals surface area contributed by atoms with E-state index in [0.29, 0.717) is 0 Å². The first-order chi connectivity index (χ1) is 8.81. The first-order valence-corrected chi connectivity index (χ1v) is 7.60. The molecule has 1 aliphatic heterocycles. The minimum absolute atomic E-state index is 1.06. The molecule has 0 amide bonds. The van der Waals surface area contributed by atoms with Crippen molar-refractivity contribution in [1.82, 2.24) is 9.88 Å². The Kier molecular flexibility index (Phi) is 3.71. The maximum absolute atomic E-state index is 3.53. The van der Waals surface area contributed by atoms with Gasteiger partial charge in [-0.25, -0.2) is 0 Å². The van der Waals surface area contributed by atoms with Crippen molar-refractivity contribution in [3.63, 3.8) is 0 Å². The van der Waals surface area contributed by atoms with E-state index in [4.69, 9.17) is 0 Å². The summed E-state index contributed by atoms with van der Waals surface area (Å²) in [5.41, 5.74) is 2.58. The molecule has 1 N–H and O–H groups in total. The van der Waals surface area contributed by atoms with Gasteiger partial charge in [0.1, 0.15) is 0 Å². The van der Waals surface area contributed by atoms with Gasteiger partial charge in [-0.05, 0) is 50.2 Å². The summed E-state index contributed by atoms with van der Waals surface area (Å²) in [5.74, 6) is 0. The standard InChI is InChI=1S/C15H19BrN2/c16-13-5-6-15-12(9-13)10-14(17-15)11-18-7-3-1-2-4-8-18/h5-6,9-10,17H,1-4,7-8,11H2. The predicted octanol–water partition coefficient (Wildman–Crippen LogP) is 4.31. The summed E-state index contributed by atoms with van der Waals surface area (Å²) in [6, 6.07) is 8.70. The summed E-state index contributed by atoms with van der Waals surface area (Å²) >= 11 is 3.53. The predicted molar refractivity (Wildman–Crippen MR) is 79.7 cm³/mol. The molecule has 0 aliphatic carbocycles. The third-order valence-electron chi connectivity index (χ3n) is 3.73. The van der Waals surface area contributed by atoms with Crippen LogP contribution in [0, 0.1) is 0 Å². The summed E-state index contributed by atoms with van der Waals surface area (Å²) in [4.78, 5) is 6.10. The van der Waals surface area contributed by atoms with E-state index < -0.39 is 0 Å². The number of benzene rings is 1. The molecule has 0 unspecified atom stereocenters. The molecule has 1 saturated heterocycles. The van der Waals surface area contributed by atoms with Gasteiger partial charge in [-0.1, -0.05) is 28.8 Å². The molecule has 3 heteroatoms. The SMILES string of the molecule is Brc1ccc2[nH]c(CN3CCCCCC3)cc2c1. The second-order valence-corrected chi connectivity index (χ2v) is 6.13. The van der Waals surface area contributed by atoms with E-state index in [9.17, 15) is 0 Å². The molecule has 2 aromatic rings. The van der Waals surface area contributed by atoms with Crippen LogP contribution in [-0.2, 0) is 6.54 Å². The molecule has 0 saturated carbocycles. The Hall–Kier alpha value is -0.800. The number of halogens is 1. The topological polar surface area (TPSA) is 19.0 Å². The molecule has 0 atom stereocenters.